The van der Waals surface area contributed by atoms with Crippen molar-refractivity contribution < 1.29 is 13.6 Å². The minimum Gasteiger partial charge on any atom is -0.352 e. The average Bonchev–Trinajstić information content (AvgIpc) is 3.55. The van der Waals surface area contributed by atoms with Crippen LogP contribution in [0.2, 0.25) is 5.02 Å². The number of alkyl halides is 2. The maximum atomic E-state index is 13.8. The molecule has 5 rings (SSSR count). The lowest BCUT2D eigenvalue weighted by atomic mass is 9.96. The van der Waals surface area contributed by atoms with E-state index in [1.807, 2.05) is 19.1 Å². The van der Waals surface area contributed by atoms with Gasteiger partial charge in [-0.05, 0) is 44.4 Å². The monoisotopic (exact) mass is 509 g/mol. The van der Waals surface area contributed by atoms with Crippen LogP contribution in [0, 0.1) is 25.2 Å². The molecule has 0 atom stereocenters. The first kappa shape index (κ1) is 23.9. The zero-order valence-electron chi connectivity index (χ0n) is 19.8. The number of aromatic nitrogens is 4. The maximum absolute atomic E-state index is 13.8. The number of benzene rings is 1. The molecule has 0 saturated heterocycles. The molecule has 0 radical (unpaired) electrons. The number of nitrogens with zero attached hydrogens (tertiary/aromatic N) is 6. The number of hydrogen-bond donors (Lipinski definition) is 1. The number of likely N-dealkylation sites (N-methyl/N-ethyl adjacent to an activating group) is 1. The number of anilines is 1. The van der Waals surface area contributed by atoms with Gasteiger partial charge in [0.1, 0.15) is 23.1 Å². The zero-order chi connectivity index (χ0) is 25.7. The van der Waals surface area contributed by atoms with E-state index in [1.165, 1.54) is 4.52 Å². The van der Waals surface area contributed by atoms with E-state index in [0.717, 1.165) is 29.4 Å². The molecule has 0 spiro atoms. The highest BCUT2D eigenvalue weighted by Crippen LogP contribution is 2.40. The van der Waals surface area contributed by atoms with Crippen molar-refractivity contribution in [2.45, 2.75) is 39.2 Å². The molecule has 0 aliphatic heterocycles. The predicted molar refractivity (Wildman–Crippen MR) is 132 cm³/mol. The number of nitriles is 1. The summed E-state index contributed by atoms with van der Waals surface area (Å²) in [6.07, 6.45) is 0.612. The highest BCUT2D eigenvalue weighted by molar-refractivity contribution is 6.31. The molecule has 184 valence electrons. The van der Waals surface area contributed by atoms with Gasteiger partial charge in [-0.3, -0.25) is 9.78 Å². The fourth-order valence-electron chi connectivity index (χ4n) is 4.45. The number of pyridine rings is 1. The summed E-state index contributed by atoms with van der Waals surface area (Å²) in [6.45, 7) is 3.59. The van der Waals surface area contributed by atoms with Crippen LogP contribution in [0.15, 0.2) is 24.4 Å². The summed E-state index contributed by atoms with van der Waals surface area (Å²) < 4.78 is 28.9. The molecule has 8 nitrogen and oxygen atoms in total. The van der Waals surface area contributed by atoms with Crippen molar-refractivity contribution in [3.8, 4) is 17.2 Å². The highest BCUT2D eigenvalue weighted by Gasteiger charge is 2.30. The Morgan fingerprint density at radius 1 is 1.33 bits per heavy atom. The molecule has 1 aromatic carbocycles. The molecule has 1 aliphatic rings. The number of aryl methyl sites for hydroxylation is 2. The molecule has 1 saturated carbocycles. The largest absolute Gasteiger partial charge is 0.352 e. The minimum atomic E-state index is -2.97. The van der Waals surface area contributed by atoms with Gasteiger partial charge in [-0.2, -0.15) is 14.9 Å². The lowest BCUT2D eigenvalue weighted by Crippen LogP contribution is -2.37. The normalized spacial score (nSPS) is 13.4. The summed E-state index contributed by atoms with van der Waals surface area (Å²) in [7, 11) is 1.69. The van der Waals surface area contributed by atoms with Gasteiger partial charge in [0, 0.05) is 40.8 Å². The van der Waals surface area contributed by atoms with E-state index in [9.17, 15) is 18.8 Å². The lowest BCUT2D eigenvalue weighted by Gasteiger charge is -2.25. The summed E-state index contributed by atoms with van der Waals surface area (Å²) in [5.74, 6) is 0.177. The third kappa shape index (κ3) is 4.09. The van der Waals surface area contributed by atoms with Gasteiger partial charge in [0.25, 0.3) is 6.43 Å². The van der Waals surface area contributed by atoms with Crippen LogP contribution in [0.5, 0.6) is 0 Å². The Hall–Kier alpha value is -3.84. The van der Waals surface area contributed by atoms with Crippen LogP contribution in [0.25, 0.3) is 27.7 Å². The van der Waals surface area contributed by atoms with E-state index in [1.54, 1.807) is 37.2 Å². The van der Waals surface area contributed by atoms with Crippen LogP contribution in [0.1, 0.15) is 41.8 Å². The van der Waals surface area contributed by atoms with Crippen molar-refractivity contribution >= 4 is 39.9 Å². The SMILES string of the molecule is Cc1cnc2cc(Cl)ccc2c1-c1c(C)nc2c(C#N)c(C(F)F)nn2c1N(C)CC(=O)NC1CC1. The van der Waals surface area contributed by atoms with Crippen molar-refractivity contribution in [3.05, 3.63) is 51.9 Å². The molecule has 11 heteroatoms. The number of rotatable bonds is 6. The lowest BCUT2D eigenvalue weighted by molar-refractivity contribution is -0.119. The number of hydrogen-bond acceptors (Lipinski definition) is 6. The van der Waals surface area contributed by atoms with Crippen molar-refractivity contribution in [3.63, 3.8) is 0 Å². The fraction of sp³-hybridized carbons (Fsp3) is 0.320. The molecule has 0 bridgehead atoms. The molecule has 0 unspecified atom stereocenters. The number of halogens is 3. The topological polar surface area (TPSA) is 99.2 Å². The highest BCUT2D eigenvalue weighted by atomic mass is 35.5. The molecule has 4 aromatic rings. The van der Waals surface area contributed by atoms with E-state index in [-0.39, 0.29) is 29.7 Å². The van der Waals surface area contributed by atoms with E-state index in [2.05, 4.69) is 20.4 Å². The second-order valence-electron chi connectivity index (χ2n) is 8.98. The Labute approximate surface area is 210 Å². The first-order chi connectivity index (χ1) is 17.2. The summed E-state index contributed by atoms with van der Waals surface area (Å²) in [5.41, 5.74) is 2.39. The van der Waals surface area contributed by atoms with E-state index >= 15 is 0 Å². The van der Waals surface area contributed by atoms with Gasteiger partial charge in [-0.1, -0.05) is 17.7 Å². The third-order valence-electron chi connectivity index (χ3n) is 6.22. The summed E-state index contributed by atoms with van der Waals surface area (Å²) in [4.78, 5) is 23.4. The van der Waals surface area contributed by atoms with Crippen LogP contribution in [0.3, 0.4) is 0 Å². The number of carbonyl (C=O) groups excluding carboxylic acids is 1. The standard InChI is InChI=1S/C25H22ClF2N7O/c1-12-10-30-18-8-14(26)4-7-16(18)20(12)21-13(2)31-24-17(9-29)22(23(27)28)33-35(24)25(21)34(3)11-19(36)32-15-5-6-15/h4,7-8,10,15,23H,5-6,11H2,1-3H3,(H,32,36). The van der Waals surface area contributed by atoms with Gasteiger partial charge in [0.2, 0.25) is 5.91 Å². The quantitative estimate of drug-likeness (QED) is 0.403. The van der Waals surface area contributed by atoms with E-state index in [4.69, 9.17) is 11.6 Å². The fourth-order valence-corrected chi connectivity index (χ4v) is 4.62. The Morgan fingerprint density at radius 2 is 2.08 bits per heavy atom. The molecular formula is C25H22ClF2N7O. The van der Waals surface area contributed by atoms with Crippen LogP contribution >= 0.6 is 11.6 Å². The van der Waals surface area contributed by atoms with Crippen molar-refractivity contribution in [1.82, 2.24) is 24.9 Å². The smallest absolute Gasteiger partial charge is 0.283 e. The van der Waals surface area contributed by atoms with Gasteiger partial charge >= 0.3 is 0 Å². The van der Waals surface area contributed by atoms with Crippen molar-refractivity contribution in [2.24, 2.45) is 0 Å². The Bertz CT molecular complexity index is 1570. The predicted octanol–water partition coefficient (Wildman–Crippen LogP) is 4.74. The van der Waals surface area contributed by atoms with Crippen molar-refractivity contribution in [2.75, 3.05) is 18.5 Å². The number of fused-ring (bicyclic) bond motifs is 2. The summed E-state index contributed by atoms with van der Waals surface area (Å²) in [5, 5.41) is 18.0. The number of amides is 1. The molecule has 1 amide bonds. The molecular weight excluding hydrogens is 488 g/mol. The van der Waals surface area contributed by atoms with Crippen LogP contribution in [-0.4, -0.2) is 45.1 Å². The van der Waals surface area contributed by atoms with Crippen molar-refractivity contribution in [1.29, 1.82) is 5.26 Å². The second kappa shape index (κ2) is 8.99. The van der Waals surface area contributed by atoms with Gasteiger partial charge in [0.15, 0.2) is 5.65 Å². The molecule has 36 heavy (non-hydrogen) atoms. The molecule has 3 aromatic heterocycles. The summed E-state index contributed by atoms with van der Waals surface area (Å²) in [6, 6.07) is 7.33. The Kier molecular flexibility index (Phi) is 5.96. The molecule has 1 fully saturated rings. The van der Waals surface area contributed by atoms with E-state index in [0.29, 0.717) is 27.6 Å². The van der Waals surface area contributed by atoms with Gasteiger partial charge in [-0.15, -0.1) is 0 Å². The zero-order valence-corrected chi connectivity index (χ0v) is 20.6. The first-order valence-corrected chi connectivity index (χ1v) is 11.7. The maximum Gasteiger partial charge on any atom is 0.283 e. The summed E-state index contributed by atoms with van der Waals surface area (Å²) >= 11 is 6.20. The molecule has 1 N–H and O–H groups in total. The minimum absolute atomic E-state index is 0.0116. The molecule has 3 heterocycles. The molecule has 1 aliphatic carbocycles. The third-order valence-corrected chi connectivity index (χ3v) is 6.46. The average molecular weight is 510 g/mol. The van der Waals surface area contributed by atoms with Crippen LogP contribution in [-0.2, 0) is 4.79 Å². The van der Waals surface area contributed by atoms with Crippen LogP contribution < -0.4 is 10.2 Å². The van der Waals surface area contributed by atoms with Gasteiger partial charge < -0.3 is 10.2 Å². The van der Waals surface area contributed by atoms with Gasteiger partial charge in [-0.25, -0.2) is 13.8 Å². The van der Waals surface area contributed by atoms with Gasteiger partial charge in [0.05, 0.1) is 17.8 Å². The second-order valence-corrected chi connectivity index (χ2v) is 9.42. The Morgan fingerprint density at radius 3 is 2.75 bits per heavy atom. The number of nitrogens with one attached hydrogen (secondary N) is 1. The van der Waals surface area contributed by atoms with Crippen LogP contribution in [0.4, 0.5) is 14.6 Å². The Balaban J connectivity index is 1.82. The first-order valence-electron chi connectivity index (χ1n) is 11.4. The van der Waals surface area contributed by atoms with E-state index < -0.39 is 12.1 Å². The number of carbonyl (C=O) groups is 1.